The summed E-state index contributed by atoms with van der Waals surface area (Å²) in [6.07, 6.45) is 6.42. The van der Waals surface area contributed by atoms with Crippen molar-refractivity contribution < 1.29 is 4.74 Å². The first-order chi connectivity index (χ1) is 14.7. The minimum absolute atomic E-state index is 0.239. The van der Waals surface area contributed by atoms with Gasteiger partial charge >= 0.3 is 183 Å². The molecule has 0 saturated carbocycles. The predicted octanol–water partition coefficient (Wildman–Crippen LogP) is 2.06. The number of anilines is 4. The van der Waals surface area contributed by atoms with Crippen molar-refractivity contribution in [3.8, 4) is 11.3 Å². The minimum atomic E-state index is 0.239. The van der Waals surface area contributed by atoms with E-state index in [9.17, 15) is 0 Å². The topological polar surface area (TPSA) is 93.3 Å². The van der Waals surface area contributed by atoms with Gasteiger partial charge in [-0.1, -0.05) is 0 Å². The maximum absolute atomic E-state index is 5.67. The van der Waals surface area contributed by atoms with Gasteiger partial charge in [-0.25, -0.2) is 0 Å². The molecule has 5 rings (SSSR count). The van der Waals surface area contributed by atoms with Crippen LogP contribution in [-0.2, 0) is 11.2 Å². The van der Waals surface area contributed by atoms with Crippen molar-refractivity contribution in [2.45, 2.75) is 6.42 Å². The Kier molecular flexibility index (Phi) is 5.10. The summed E-state index contributed by atoms with van der Waals surface area (Å²) in [6.45, 7) is 2.83. The van der Waals surface area contributed by atoms with Crippen molar-refractivity contribution in [2.24, 2.45) is 0 Å². The van der Waals surface area contributed by atoms with Gasteiger partial charge in [0.15, 0.2) is 0 Å². The number of fused-ring (bicyclic) bond motifs is 1. The standard InChI is InChI=1S/C21H20AsN7O/c22-16-9-14-3-1-2-4-18(14)29(13-16)19-10-17(15-11-24-20(23)25-12-15)26-21(27-19)28-5-7-30-8-6-28/h1-4,10-13H,5-9H2,(H2,23,24,25). The molecular formula is C21H20AsN7O. The Morgan fingerprint density at radius 3 is 2.60 bits per heavy atom. The van der Waals surface area contributed by atoms with Crippen LogP contribution in [0.1, 0.15) is 5.56 Å². The molecule has 9 heteroatoms. The Morgan fingerprint density at radius 2 is 1.80 bits per heavy atom. The Bertz CT molecular complexity index is 1100. The van der Waals surface area contributed by atoms with Crippen molar-refractivity contribution >= 4 is 40.3 Å². The van der Waals surface area contributed by atoms with Crippen LogP contribution < -0.4 is 15.5 Å². The van der Waals surface area contributed by atoms with Gasteiger partial charge < -0.3 is 0 Å². The summed E-state index contributed by atoms with van der Waals surface area (Å²) >= 11 is 2.65. The SMILES string of the molecule is Nc1ncc(-c2cc(N3C=C([As])Cc4ccccc43)nc(N3CCOCC3)n2)cn1. The van der Waals surface area contributed by atoms with Gasteiger partial charge in [-0.3, -0.25) is 0 Å². The molecule has 0 atom stereocenters. The Balaban J connectivity index is 1.64. The second kappa shape index (κ2) is 8.05. The summed E-state index contributed by atoms with van der Waals surface area (Å²) in [5, 5.41) is 0. The number of benzene rings is 1. The number of hydrogen-bond donors (Lipinski definition) is 1. The van der Waals surface area contributed by atoms with Gasteiger partial charge in [0.25, 0.3) is 0 Å². The first-order valence-corrected chi connectivity index (χ1v) is 10.7. The molecule has 1 fully saturated rings. The monoisotopic (exact) mass is 461 g/mol. The maximum atomic E-state index is 5.67. The van der Waals surface area contributed by atoms with E-state index in [4.69, 9.17) is 20.4 Å². The number of morpholine rings is 1. The molecule has 2 aromatic heterocycles. The fraction of sp³-hybridized carbons (Fsp3) is 0.238. The van der Waals surface area contributed by atoms with Gasteiger partial charge in [-0.05, 0) is 0 Å². The van der Waals surface area contributed by atoms with Crippen molar-refractivity contribution in [1.82, 2.24) is 19.9 Å². The van der Waals surface area contributed by atoms with E-state index in [-0.39, 0.29) is 5.95 Å². The summed E-state index contributed by atoms with van der Waals surface area (Å²) in [4.78, 5) is 22.3. The van der Waals surface area contributed by atoms with E-state index in [1.165, 1.54) is 9.92 Å². The summed E-state index contributed by atoms with van der Waals surface area (Å²) in [5.74, 6) is 1.71. The van der Waals surface area contributed by atoms with E-state index in [2.05, 4.69) is 61.0 Å². The van der Waals surface area contributed by atoms with Crippen LogP contribution >= 0.6 is 0 Å². The van der Waals surface area contributed by atoms with E-state index in [0.717, 1.165) is 42.3 Å². The molecule has 0 amide bonds. The molecule has 0 bridgehead atoms. The number of nitrogen functional groups attached to an aromatic ring is 1. The van der Waals surface area contributed by atoms with Gasteiger partial charge in [-0.2, -0.15) is 0 Å². The molecule has 30 heavy (non-hydrogen) atoms. The van der Waals surface area contributed by atoms with Crippen LogP contribution in [0, 0.1) is 0 Å². The normalized spacial score (nSPS) is 16.2. The molecule has 2 aliphatic heterocycles. The molecule has 2 aliphatic rings. The number of nitrogens with two attached hydrogens (primary N) is 1. The molecular weight excluding hydrogens is 441 g/mol. The van der Waals surface area contributed by atoms with Crippen LogP contribution in [-0.4, -0.2) is 63.1 Å². The van der Waals surface area contributed by atoms with Gasteiger partial charge in [0.2, 0.25) is 0 Å². The predicted molar refractivity (Wildman–Crippen MR) is 117 cm³/mol. The molecule has 2 radical (unpaired) electrons. The average molecular weight is 461 g/mol. The second-order valence-corrected chi connectivity index (χ2v) is 8.34. The van der Waals surface area contributed by atoms with E-state index in [0.29, 0.717) is 19.2 Å². The van der Waals surface area contributed by atoms with Crippen LogP contribution in [0.4, 0.5) is 23.4 Å². The average Bonchev–Trinajstić information content (AvgIpc) is 2.79. The van der Waals surface area contributed by atoms with E-state index >= 15 is 0 Å². The number of allylic oxidation sites excluding steroid dienone is 1. The summed E-state index contributed by atoms with van der Waals surface area (Å²) in [5.41, 5.74) is 9.61. The van der Waals surface area contributed by atoms with Crippen LogP contribution in [0.2, 0.25) is 0 Å². The molecule has 0 unspecified atom stereocenters. The summed E-state index contributed by atoms with van der Waals surface area (Å²) in [6, 6.07) is 10.4. The van der Waals surface area contributed by atoms with Crippen molar-refractivity contribution in [1.29, 1.82) is 0 Å². The van der Waals surface area contributed by atoms with Crippen LogP contribution in [0.25, 0.3) is 11.3 Å². The molecule has 3 aromatic rings. The quantitative estimate of drug-likeness (QED) is 0.593. The van der Waals surface area contributed by atoms with E-state index in [1.54, 1.807) is 12.4 Å². The molecule has 0 aliphatic carbocycles. The van der Waals surface area contributed by atoms with E-state index in [1.807, 2.05) is 12.1 Å². The number of rotatable bonds is 3. The van der Waals surface area contributed by atoms with Crippen LogP contribution in [0.15, 0.2) is 53.3 Å². The number of nitrogens with zero attached hydrogens (tertiary/aromatic N) is 6. The molecule has 0 spiro atoms. The van der Waals surface area contributed by atoms with Crippen molar-refractivity contribution in [3.05, 3.63) is 58.8 Å². The first kappa shape index (κ1) is 19.0. The molecule has 150 valence electrons. The zero-order valence-electron chi connectivity index (χ0n) is 16.3. The number of para-hydroxylation sites is 1. The van der Waals surface area contributed by atoms with Gasteiger partial charge in [0, 0.05) is 0 Å². The summed E-state index contributed by atoms with van der Waals surface area (Å²) < 4.78 is 6.72. The van der Waals surface area contributed by atoms with Gasteiger partial charge in [-0.15, -0.1) is 0 Å². The van der Waals surface area contributed by atoms with Gasteiger partial charge in [0.1, 0.15) is 0 Å². The number of aromatic nitrogens is 4. The van der Waals surface area contributed by atoms with Crippen molar-refractivity contribution in [3.63, 3.8) is 0 Å². The van der Waals surface area contributed by atoms with Crippen LogP contribution in [0.5, 0.6) is 0 Å². The fourth-order valence-electron chi connectivity index (χ4n) is 3.61. The fourth-order valence-corrected chi connectivity index (χ4v) is 4.21. The molecule has 8 nitrogen and oxygen atoms in total. The second-order valence-electron chi connectivity index (χ2n) is 7.14. The number of hydrogen-bond acceptors (Lipinski definition) is 8. The zero-order chi connectivity index (χ0) is 20.5. The third kappa shape index (κ3) is 3.76. The Hall–Kier alpha value is -2.96. The third-order valence-electron chi connectivity index (χ3n) is 5.11. The molecule has 1 saturated heterocycles. The summed E-state index contributed by atoms with van der Waals surface area (Å²) in [7, 11) is 0. The molecule has 2 N–H and O–H groups in total. The van der Waals surface area contributed by atoms with Gasteiger partial charge in [0.05, 0.1) is 0 Å². The third-order valence-corrected chi connectivity index (χ3v) is 5.68. The Labute approximate surface area is 183 Å². The molecule has 1 aromatic carbocycles. The van der Waals surface area contributed by atoms with Crippen LogP contribution in [0.3, 0.4) is 0 Å². The first-order valence-electron chi connectivity index (χ1n) is 9.74. The Morgan fingerprint density at radius 1 is 1.03 bits per heavy atom. The number of ether oxygens (including phenoxy) is 1. The van der Waals surface area contributed by atoms with E-state index < -0.39 is 0 Å². The molecule has 4 heterocycles. The zero-order valence-corrected chi connectivity index (χ0v) is 18.1. The van der Waals surface area contributed by atoms with Crippen molar-refractivity contribution in [2.75, 3.05) is 41.8 Å².